The second-order valence-corrected chi connectivity index (χ2v) is 9.39. The van der Waals surface area contributed by atoms with E-state index in [-0.39, 0.29) is 12.3 Å². The van der Waals surface area contributed by atoms with Crippen LogP contribution in [-0.2, 0) is 27.8 Å². The molecule has 1 saturated heterocycles. The number of benzene rings is 2. The monoisotopic (exact) mass is 411 g/mol. The molecule has 0 spiro atoms. The zero-order chi connectivity index (χ0) is 20.4. The van der Waals surface area contributed by atoms with Gasteiger partial charge < -0.3 is 5.32 Å². The lowest BCUT2D eigenvalue weighted by Gasteiger charge is -2.17. The molecule has 6 nitrogen and oxygen atoms in total. The molecule has 152 valence electrons. The molecule has 1 amide bonds. The van der Waals surface area contributed by atoms with Crippen molar-refractivity contribution >= 4 is 27.3 Å². The van der Waals surface area contributed by atoms with Crippen LogP contribution in [0.2, 0.25) is 0 Å². The standard InChI is InChI=1S/C22H25N3O3S/c1-2-3-13-25-22(26)20(21(29(25,27)28)16-7-5-4-6-8-16)24-19-10-9-18-15-23-12-11-17(18)14-19/h4-10,14,21,23H,2-3,11-13,15H2,1H3. The van der Waals surface area contributed by atoms with Crippen LogP contribution in [0.15, 0.2) is 53.5 Å². The number of carbonyl (C=O) groups is 1. The Kier molecular flexibility index (Phi) is 5.52. The SMILES string of the molecule is CCCCN1C(=O)C(=Nc2ccc3c(c2)CCNC3)C(c2ccccc2)S1(=O)=O. The minimum Gasteiger partial charge on any atom is -0.312 e. The van der Waals surface area contributed by atoms with Crippen molar-refractivity contribution in [3.05, 3.63) is 65.2 Å². The number of amides is 1. The van der Waals surface area contributed by atoms with Crippen molar-refractivity contribution in [1.82, 2.24) is 9.62 Å². The largest absolute Gasteiger partial charge is 0.312 e. The van der Waals surface area contributed by atoms with Gasteiger partial charge in [-0.1, -0.05) is 49.7 Å². The second kappa shape index (κ2) is 8.08. The van der Waals surface area contributed by atoms with Crippen LogP contribution in [0.3, 0.4) is 0 Å². The van der Waals surface area contributed by atoms with Gasteiger partial charge in [0.2, 0.25) is 0 Å². The van der Waals surface area contributed by atoms with E-state index in [0.717, 1.165) is 30.2 Å². The van der Waals surface area contributed by atoms with Gasteiger partial charge in [-0.15, -0.1) is 0 Å². The molecule has 0 aliphatic carbocycles. The predicted molar refractivity (Wildman–Crippen MR) is 114 cm³/mol. The van der Waals surface area contributed by atoms with Crippen molar-refractivity contribution in [2.24, 2.45) is 4.99 Å². The molecule has 29 heavy (non-hydrogen) atoms. The topological polar surface area (TPSA) is 78.8 Å². The number of nitrogens with zero attached hydrogens (tertiary/aromatic N) is 2. The van der Waals surface area contributed by atoms with Crippen LogP contribution in [0.4, 0.5) is 5.69 Å². The molecule has 1 N–H and O–H groups in total. The normalized spacial score (nSPS) is 22.1. The molecule has 0 bridgehead atoms. The Hall–Kier alpha value is -2.51. The maximum atomic E-state index is 13.3. The lowest BCUT2D eigenvalue weighted by Crippen LogP contribution is -2.31. The quantitative estimate of drug-likeness (QED) is 0.820. The van der Waals surface area contributed by atoms with Gasteiger partial charge in [0.15, 0.2) is 5.25 Å². The van der Waals surface area contributed by atoms with E-state index in [1.54, 1.807) is 24.3 Å². The summed E-state index contributed by atoms with van der Waals surface area (Å²) in [5.41, 5.74) is 3.69. The Morgan fingerprint density at radius 2 is 1.93 bits per heavy atom. The number of hydrogen-bond acceptors (Lipinski definition) is 5. The summed E-state index contributed by atoms with van der Waals surface area (Å²) in [4.78, 5) is 17.7. The van der Waals surface area contributed by atoms with Crippen molar-refractivity contribution in [2.75, 3.05) is 13.1 Å². The number of sulfonamides is 1. The third-order valence-electron chi connectivity index (χ3n) is 5.44. The van der Waals surface area contributed by atoms with Gasteiger partial charge in [-0.25, -0.2) is 17.7 Å². The molecule has 2 aromatic carbocycles. The van der Waals surface area contributed by atoms with Gasteiger partial charge in [-0.3, -0.25) is 4.79 Å². The zero-order valence-electron chi connectivity index (χ0n) is 16.5. The van der Waals surface area contributed by atoms with Crippen molar-refractivity contribution < 1.29 is 13.2 Å². The molecule has 0 radical (unpaired) electrons. The van der Waals surface area contributed by atoms with Gasteiger partial charge >= 0.3 is 0 Å². The first-order chi connectivity index (χ1) is 14.0. The summed E-state index contributed by atoms with van der Waals surface area (Å²) < 4.78 is 27.5. The predicted octanol–water partition coefficient (Wildman–Crippen LogP) is 3.12. The Morgan fingerprint density at radius 1 is 1.14 bits per heavy atom. The molecule has 0 aromatic heterocycles. The number of fused-ring (bicyclic) bond motifs is 1. The minimum atomic E-state index is -3.85. The number of hydrogen-bond donors (Lipinski definition) is 1. The summed E-state index contributed by atoms with van der Waals surface area (Å²) in [5.74, 6) is -0.508. The second-order valence-electron chi connectivity index (χ2n) is 7.44. The third kappa shape index (κ3) is 3.72. The Morgan fingerprint density at radius 3 is 2.69 bits per heavy atom. The van der Waals surface area contributed by atoms with Crippen LogP contribution in [0, 0.1) is 0 Å². The third-order valence-corrected chi connectivity index (χ3v) is 7.50. The van der Waals surface area contributed by atoms with Gasteiger partial charge in [-0.2, -0.15) is 0 Å². The Labute approximate surface area is 171 Å². The molecular formula is C22H25N3O3S. The fraction of sp³-hybridized carbons (Fsp3) is 0.364. The number of carbonyl (C=O) groups excluding carboxylic acids is 1. The van der Waals surface area contributed by atoms with E-state index in [1.165, 1.54) is 11.1 Å². The maximum absolute atomic E-state index is 13.3. The van der Waals surface area contributed by atoms with Gasteiger partial charge in [-0.05, 0) is 48.2 Å². The first kappa shape index (κ1) is 19.8. The van der Waals surface area contributed by atoms with Gasteiger partial charge in [0.05, 0.1) is 5.69 Å². The molecule has 2 aliphatic rings. The molecule has 1 atom stereocenters. The molecule has 1 unspecified atom stereocenters. The highest BCUT2D eigenvalue weighted by Crippen LogP contribution is 2.36. The molecule has 2 heterocycles. The van der Waals surface area contributed by atoms with Crippen LogP contribution in [0.5, 0.6) is 0 Å². The number of rotatable bonds is 5. The first-order valence-electron chi connectivity index (χ1n) is 10.0. The average molecular weight is 412 g/mol. The molecule has 2 aromatic rings. The van der Waals surface area contributed by atoms with Crippen LogP contribution in [-0.4, -0.2) is 37.4 Å². The van der Waals surface area contributed by atoms with Crippen LogP contribution < -0.4 is 5.32 Å². The van der Waals surface area contributed by atoms with Crippen molar-refractivity contribution in [3.63, 3.8) is 0 Å². The van der Waals surface area contributed by atoms with E-state index < -0.39 is 21.2 Å². The van der Waals surface area contributed by atoms with E-state index in [9.17, 15) is 13.2 Å². The zero-order valence-corrected chi connectivity index (χ0v) is 17.3. The van der Waals surface area contributed by atoms with Crippen LogP contribution >= 0.6 is 0 Å². The van der Waals surface area contributed by atoms with Crippen LogP contribution in [0.25, 0.3) is 0 Å². The molecule has 0 saturated carbocycles. The number of unbranched alkanes of at least 4 members (excludes halogenated alkanes) is 1. The first-order valence-corrected chi connectivity index (χ1v) is 11.5. The summed E-state index contributed by atoms with van der Waals surface area (Å²) in [6.07, 6.45) is 2.33. The lowest BCUT2D eigenvalue weighted by atomic mass is 10.0. The van der Waals surface area contributed by atoms with Gasteiger partial charge in [0, 0.05) is 13.1 Å². The number of aliphatic imine (C=N–C) groups is 1. The maximum Gasteiger partial charge on any atom is 0.283 e. The fourth-order valence-electron chi connectivity index (χ4n) is 3.89. The van der Waals surface area contributed by atoms with E-state index >= 15 is 0 Å². The highest BCUT2D eigenvalue weighted by atomic mass is 32.2. The fourth-order valence-corrected chi connectivity index (χ4v) is 5.79. The van der Waals surface area contributed by atoms with E-state index in [4.69, 9.17) is 0 Å². The summed E-state index contributed by atoms with van der Waals surface area (Å²) >= 11 is 0. The van der Waals surface area contributed by atoms with Crippen molar-refractivity contribution in [1.29, 1.82) is 0 Å². The molecule has 2 aliphatic heterocycles. The molecular weight excluding hydrogens is 386 g/mol. The molecule has 1 fully saturated rings. The highest BCUT2D eigenvalue weighted by molar-refractivity contribution is 7.91. The minimum absolute atomic E-state index is 0.0844. The average Bonchev–Trinajstić information content (AvgIpc) is 2.91. The summed E-state index contributed by atoms with van der Waals surface area (Å²) in [6.45, 7) is 3.88. The van der Waals surface area contributed by atoms with Crippen molar-refractivity contribution in [2.45, 2.75) is 38.0 Å². The number of nitrogens with one attached hydrogen (secondary N) is 1. The lowest BCUT2D eigenvalue weighted by molar-refractivity contribution is -0.119. The van der Waals surface area contributed by atoms with Crippen molar-refractivity contribution in [3.8, 4) is 0 Å². The highest BCUT2D eigenvalue weighted by Gasteiger charge is 2.50. The Balaban J connectivity index is 1.80. The summed E-state index contributed by atoms with van der Waals surface area (Å²) in [5, 5.41) is 2.27. The van der Waals surface area contributed by atoms with Gasteiger partial charge in [0.1, 0.15) is 5.71 Å². The van der Waals surface area contributed by atoms with E-state index in [2.05, 4.69) is 10.3 Å². The smallest absolute Gasteiger partial charge is 0.283 e. The molecule has 4 rings (SSSR count). The van der Waals surface area contributed by atoms with Crippen LogP contribution in [0.1, 0.15) is 41.7 Å². The van der Waals surface area contributed by atoms with E-state index in [0.29, 0.717) is 17.7 Å². The van der Waals surface area contributed by atoms with Gasteiger partial charge in [0.25, 0.3) is 15.9 Å². The summed E-state index contributed by atoms with van der Waals surface area (Å²) in [7, 11) is -3.85. The molecule has 7 heteroatoms. The Bertz CT molecular complexity index is 1050. The summed E-state index contributed by atoms with van der Waals surface area (Å²) in [6, 6.07) is 14.7. The van der Waals surface area contributed by atoms with E-state index in [1.807, 2.05) is 31.2 Å².